The van der Waals surface area contributed by atoms with E-state index in [1.807, 2.05) is 0 Å². The Morgan fingerprint density at radius 2 is 2.07 bits per heavy atom. The number of rotatable bonds is 4. The number of carbonyl (C=O) groups excluding carboxylic acids is 3. The predicted molar refractivity (Wildman–Crippen MR) is 103 cm³/mol. The Morgan fingerprint density at radius 1 is 1.33 bits per heavy atom. The fraction of sp³-hybridized carbons (Fsp3) is 0.167. The van der Waals surface area contributed by atoms with Gasteiger partial charge >= 0.3 is 0 Å². The number of hydrogen-bond acceptors (Lipinski definition) is 4. The molecule has 1 heterocycles. The maximum absolute atomic E-state index is 13.9. The Labute approximate surface area is 163 Å². The molecule has 0 saturated heterocycles. The highest BCUT2D eigenvalue weighted by atomic mass is 35.5. The third-order valence-corrected chi connectivity index (χ3v) is 5.55. The van der Waals surface area contributed by atoms with Crippen LogP contribution in [0.3, 0.4) is 0 Å². The first-order chi connectivity index (χ1) is 12.7. The first-order valence-corrected chi connectivity index (χ1v) is 9.17. The monoisotopic (exact) mass is 407 g/mol. The second kappa shape index (κ2) is 7.58. The van der Waals surface area contributed by atoms with Crippen molar-refractivity contribution in [2.75, 3.05) is 10.6 Å². The van der Waals surface area contributed by atoms with Crippen molar-refractivity contribution >= 4 is 52.5 Å². The van der Waals surface area contributed by atoms with Gasteiger partial charge in [-0.05, 0) is 37.3 Å². The van der Waals surface area contributed by atoms with E-state index in [2.05, 4.69) is 10.6 Å². The van der Waals surface area contributed by atoms with Gasteiger partial charge in [0.2, 0.25) is 17.7 Å². The number of carbonyl (C=O) groups is 3. The largest absolute Gasteiger partial charge is 0.366 e. The molecule has 0 aromatic heterocycles. The Kier molecular flexibility index (Phi) is 5.38. The molecular formula is C18H15ClFN3O3S. The summed E-state index contributed by atoms with van der Waals surface area (Å²) in [6.07, 6.45) is -0.125. The van der Waals surface area contributed by atoms with Crippen LogP contribution in [0.15, 0.2) is 35.2 Å². The van der Waals surface area contributed by atoms with Crippen molar-refractivity contribution in [1.82, 2.24) is 0 Å². The van der Waals surface area contributed by atoms with Gasteiger partial charge < -0.3 is 16.4 Å². The van der Waals surface area contributed by atoms with Gasteiger partial charge in [-0.2, -0.15) is 0 Å². The van der Waals surface area contributed by atoms with Gasteiger partial charge in [-0.3, -0.25) is 14.4 Å². The molecule has 0 spiro atoms. The molecule has 1 aliphatic rings. The summed E-state index contributed by atoms with van der Waals surface area (Å²) in [6.45, 7) is 1.47. The lowest BCUT2D eigenvalue weighted by atomic mass is 10.1. The second-order valence-electron chi connectivity index (χ2n) is 5.98. The van der Waals surface area contributed by atoms with Crippen LogP contribution in [0, 0.1) is 12.7 Å². The summed E-state index contributed by atoms with van der Waals surface area (Å²) in [5, 5.41) is 5.11. The average Bonchev–Trinajstić information content (AvgIpc) is 2.59. The molecular weight excluding hydrogens is 393 g/mol. The van der Waals surface area contributed by atoms with Crippen LogP contribution in [0.25, 0.3) is 0 Å². The van der Waals surface area contributed by atoms with E-state index >= 15 is 0 Å². The molecule has 2 aromatic rings. The van der Waals surface area contributed by atoms with Gasteiger partial charge in [-0.1, -0.05) is 11.6 Å². The third kappa shape index (κ3) is 4.23. The zero-order valence-corrected chi connectivity index (χ0v) is 15.7. The quantitative estimate of drug-likeness (QED) is 0.723. The summed E-state index contributed by atoms with van der Waals surface area (Å²) in [6, 6.07) is 7.43. The predicted octanol–water partition coefficient (Wildman–Crippen LogP) is 3.33. The standard InChI is InChI=1S/C18H15ClFN3O3S/c1-8-11(20)4-9(17(21)25)5-12(8)22-16(24)7-15-18(26)23-13-6-10(19)2-3-14(13)27-15/h2-6,15H,7H2,1H3,(H2,21,25)(H,22,24)(H,23,26). The van der Waals surface area contributed by atoms with Gasteiger partial charge in [0.05, 0.1) is 10.9 Å². The Balaban J connectivity index is 1.74. The molecule has 3 rings (SSSR count). The molecule has 3 amide bonds. The van der Waals surface area contributed by atoms with Crippen LogP contribution in [0.2, 0.25) is 5.02 Å². The molecule has 0 fully saturated rings. The molecule has 0 aliphatic carbocycles. The molecule has 140 valence electrons. The van der Waals surface area contributed by atoms with Gasteiger partial charge in [0.1, 0.15) is 5.82 Å². The maximum atomic E-state index is 13.9. The number of anilines is 2. The third-order valence-electron chi connectivity index (χ3n) is 4.03. The van der Waals surface area contributed by atoms with Gasteiger partial charge in [-0.25, -0.2) is 4.39 Å². The van der Waals surface area contributed by atoms with Crippen LogP contribution in [-0.4, -0.2) is 23.0 Å². The number of hydrogen-bond donors (Lipinski definition) is 3. The number of halogens is 2. The number of amides is 3. The van der Waals surface area contributed by atoms with E-state index in [1.165, 1.54) is 24.8 Å². The van der Waals surface area contributed by atoms with Crippen molar-refractivity contribution in [3.8, 4) is 0 Å². The Morgan fingerprint density at radius 3 is 2.78 bits per heavy atom. The first-order valence-electron chi connectivity index (χ1n) is 7.91. The topological polar surface area (TPSA) is 101 Å². The summed E-state index contributed by atoms with van der Waals surface area (Å²) >= 11 is 7.16. The molecule has 1 atom stereocenters. The lowest BCUT2D eigenvalue weighted by Gasteiger charge is -2.24. The molecule has 6 nitrogen and oxygen atoms in total. The van der Waals surface area contributed by atoms with Crippen molar-refractivity contribution in [2.24, 2.45) is 5.73 Å². The summed E-state index contributed by atoms with van der Waals surface area (Å²) in [7, 11) is 0. The summed E-state index contributed by atoms with van der Waals surface area (Å²) < 4.78 is 13.9. The molecule has 4 N–H and O–H groups in total. The van der Waals surface area contributed by atoms with Crippen LogP contribution < -0.4 is 16.4 Å². The molecule has 0 radical (unpaired) electrons. The fourth-order valence-corrected chi connectivity index (χ4v) is 3.84. The summed E-state index contributed by atoms with van der Waals surface area (Å²) in [4.78, 5) is 36.7. The van der Waals surface area contributed by atoms with Crippen molar-refractivity contribution in [2.45, 2.75) is 23.5 Å². The zero-order valence-electron chi connectivity index (χ0n) is 14.1. The Bertz CT molecular complexity index is 967. The minimum atomic E-state index is -0.804. The van der Waals surface area contributed by atoms with Gasteiger partial charge in [-0.15, -0.1) is 11.8 Å². The van der Waals surface area contributed by atoms with Crippen LogP contribution >= 0.6 is 23.4 Å². The number of nitrogens with one attached hydrogen (secondary N) is 2. The smallest absolute Gasteiger partial charge is 0.248 e. The van der Waals surface area contributed by atoms with Crippen LogP contribution in [-0.2, 0) is 9.59 Å². The number of nitrogens with two attached hydrogens (primary N) is 1. The van der Waals surface area contributed by atoms with Crippen molar-refractivity contribution in [1.29, 1.82) is 0 Å². The first kappa shape index (κ1) is 19.2. The average molecular weight is 408 g/mol. The van der Waals surface area contributed by atoms with Gasteiger partial charge in [0, 0.05) is 33.2 Å². The number of benzene rings is 2. The van der Waals surface area contributed by atoms with E-state index in [0.717, 1.165) is 11.0 Å². The lowest BCUT2D eigenvalue weighted by molar-refractivity contribution is -0.120. The van der Waals surface area contributed by atoms with Crippen LogP contribution in [0.5, 0.6) is 0 Å². The minimum absolute atomic E-state index is 0.0519. The molecule has 2 aromatic carbocycles. The second-order valence-corrected chi connectivity index (χ2v) is 7.66. The number of primary amides is 1. The highest BCUT2D eigenvalue weighted by Gasteiger charge is 2.29. The van der Waals surface area contributed by atoms with Gasteiger partial charge in [0.15, 0.2) is 0 Å². The van der Waals surface area contributed by atoms with Crippen LogP contribution in [0.1, 0.15) is 22.3 Å². The highest BCUT2D eigenvalue weighted by Crippen LogP contribution is 2.38. The minimum Gasteiger partial charge on any atom is -0.366 e. The van der Waals surface area contributed by atoms with E-state index in [1.54, 1.807) is 18.2 Å². The maximum Gasteiger partial charge on any atom is 0.248 e. The number of fused-ring (bicyclic) bond motifs is 1. The Hall–Kier alpha value is -2.58. The van der Waals surface area contributed by atoms with Crippen molar-refractivity contribution in [3.05, 3.63) is 52.3 Å². The summed E-state index contributed by atoms with van der Waals surface area (Å²) in [5.41, 5.74) is 6.03. The van der Waals surface area contributed by atoms with Crippen LogP contribution in [0.4, 0.5) is 15.8 Å². The SMILES string of the molecule is Cc1c(F)cc(C(N)=O)cc1NC(=O)CC1Sc2ccc(Cl)cc2NC1=O. The summed E-state index contributed by atoms with van der Waals surface area (Å²) in [5.74, 6) is -2.26. The molecule has 9 heteroatoms. The molecule has 0 saturated carbocycles. The number of thioether (sulfide) groups is 1. The van der Waals surface area contributed by atoms with E-state index in [9.17, 15) is 18.8 Å². The molecule has 1 aliphatic heterocycles. The molecule has 1 unspecified atom stereocenters. The molecule has 0 bridgehead atoms. The van der Waals surface area contributed by atoms with Gasteiger partial charge in [0.25, 0.3) is 0 Å². The normalized spacial score (nSPS) is 15.7. The van der Waals surface area contributed by atoms with E-state index in [-0.39, 0.29) is 29.1 Å². The van der Waals surface area contributed by atoms with E-state index in [4.69, 9.17) is 17.3 Å². The van der Waals surface area contributed by atoms with E-state index < -0.39 is 22.9 Å². The zero-order chi connectivity index (χ0) is 19.7. The fourth-order valence-electron chi connectivity index (χ4n) is 2.58. The molecule has 27 heavy (non-hydrogen) atoms. The lowest BCUT2D eigenvalue weighted by Crippen LogP contribution is -2.32. The van der Waals surface area contributed by atoms with Crippen molar-refractivity contribution in [3.63, 3.8) is 0 Å². The highest BCUT2D eigenvalue weighted by molar-refractivity contribution is 8.01. The van der Waals surface area contributed by atoms with Crippen molar-refractivity contribution < 1.29 is 18.8 Å². The van der Waals surface area contributed by atoms with E-state index in [0.29, 0.717) is 10.7 Å².